The molecule has 0 bridgehead atoms. The van der Waals surface area contributed by atoms with Crippen molar-refractivity contribution in [3.63, 3.8) is 0 Å². The van der Waals surface area contributed by atoms with Gasteiger partial charge in [-0.05, 0) is 11.3 Å². The first-order chi connectivity index (χ1) is 8.78. The summed E-state index contributed by atoms with van der Waals surface area (Å²) in [6, 6.07) is 1.78. The number of tetrazole rings is 1. The number of aryl methyl sites for hydroxylation is 1. The van der Waals surface area contributed by atoms with E-state index >= 15 is 0 Å². The van der Waals surface area contributed by atoms with Crippen LogP contribution >= 0.6 is 11.6 Å². The van der Waals surface area contributed by atoms with Gasteiger partial charge < -0.3 is 4.74 Å². The highest BCUT2D eigenvalue weighted by Crippen LogP contribution is 2.11. The van der Waals surface area contributed by atoms with E-state index in [1.807, 2.05) is 0 Å². The van der Waals surface area contributed by atoms with E-state index in [9.17, 15) is 0 Å². The van der Waals surface area contributed by atoms with Gasteiger partial charge in [0.05, 0.1) is 19.1 Å². The molecule has 0 amide bonds. The Balaban J connectivity index is 2.01. The molecule has 0 fully saturated rings. The summed E-state index contributed by atoms with van der Waals surface area (Å²) in [5.41, 5.74) is 0.750. The molecule has 0 aromatic carbocycles. The van der Waals surface area contributed by atoms with Crippen molar-refractivity contribution in [2.75, 3.05) is 5.88 Å². The summed E-state index contributed by atoms with van der Waals surface area (Å²) in [6.45, 7) is 0.238. The molecule has 0 radical (unpaired) electrons. The maximum Gasteiger partial charge on any atom is 0.212 e. The van der Waals surface area contributed by atoms with Crippen molar-refractivity contribution in [1.82, 2.24) is 25.2 Å². The Bertz CT molecular complexity index is 586. The molecule has 0 N–H and O–H groups in total. The van der Waals surface area contributed by atoms with E-state index < -0.39 is 0 Å². The zero-order valence-electron chi connectivity index (χ0n) is 9.67. The molecule has 0 saturated carbocycles. The van der Waals surface area contributed by atoms with Crippen molar-refractivity contribution in [3.05, 3.63) is 29.8 Å². The van der Waals surface area contributed by atoms with Gasteiger partial charge in [-0.2, -0.15) is 4.80 Å². The van der Waals surface area contributed by atoms with Crippen LogP contribution in [0.3, 0.4) is 0 Å². The normalized spacial score (nSPS) is 9.67. The third-order valence-corrected chi connectivity index (χ3v) is 2.06. The largest absolute Gasteiger partial charge is 0.484 e. The fraction of sp³-hybridized carbons (Fsp3) is 0.273. The van der Waals surface area contributed by atoms with Gasteiger partial charge in [-0.25, -0.2) is 0 Å². The second-order valence-corrected chi connectivity index (χ2v) is 3.60. The molecule has 2 aromatic heterocycles. The Morgan fingerprint density at radius 3 is 3.06 bits per heavy atom. The predicted molar refractivity (Wildman–Crippen MR) is 65.0 cm³/mol. The first kappa shape index (κ1) is 12.3. The lowest BCUT2D eigenvalue weighted by Gasteiger charge is -2.02. The fourth-order valence-corrected chi connectivity index (χ4v) is 1.30. The Morgan fingerprint density at radius 2 is 2.33 bits per heavy atom. The van der Waals surface area contributed by atoms with E-state index in [1.165, 1.54) is 4.80 Å². The van der Waals surface area contributed by atoms with Crippen LogP contribution in [0, 0.1) is 11.8 Å². The summed E-state index contributed by atoms with van der Waals surface area (Å²) in [5, 5.41) is 11.5. The minimum absolute atomic E-state index is 0.238. The standard InChI is InChI=1S/C11H10ClN5O/c1-17-15-11(14-16-17)8-18-10-5-9(3-2-4-12)6-13-7-10/h5-7H,4,8H2,1H3. The molecule has 2 rings (SSSR count). The van der Waals surface area contributed by atoms with Crippen LogP contribution in [-0.4, -0.2) is 31.1 Å². The van der Waals surface area contributed by atoms with E-state index in [4.69, 9.17) is 16.3 Å². The number of aromatic nitrogens is 5. The average Bonchev–Trinajstić information content (AvgIpc) is 2.80. The van der Waals surface area contributed by atoms with Crippen molar-refractivity contribution >= 4 is 11.6 Å². The van der Waals surface area contributed by atoms with Crippen molar-refractivity contribution < 1.29 is 4.74 Å². The van der Waals surface area contributed by atoms with Crippen LogP contribution in [0.15, 0.2) is 18.5 Å². The first-order valence-corrected chi connectivity index (χ1v) is 5.67. The number of halogens is 1. The van der Waals surface area contributed by atoms with Crippen LogP contribution in [0.1, 0.15) is 11.4 Å². The number of hydrogen-bond acceptors (Lipinski definition) is 5. The monoisotopic (exact) mass is 263 g/mol. The molecule has 0 spiro atoms. The Kier molecular flexibility index (Phi) is 4.10. The van der Waals surface area contributed by atoms with Crippen molar-refractivity contribution in [2.45, 2.75) is 6.61 Å². The van der Waals surface area contributed by atoms with E-state index in [0.717, 1.165) is 5.56 Å². The van der Waals surface area contributed by atoms with Gasteiger partial charge >= 0.3 is 0 Å². The van der Waals surface area contributed by atoms with Gasteiger partial charge in [-0.3, -0.25) is 4.98 Å². The second kappa shape index (κ2) is 5.98. The van der Waals surface area contributed by atoms with Crippen molar-refractivity contribution in [1.29, 1.82) is 0 Å². The number of ether oxygens (including phenoxy) is 1. The quantitative estimate of drug-likeness (QED) is 0.605. The number of alkyl halides is 1. The smallest absolute Gasteiger partial charge is 0.212 e. The molecule has 6 nitrogen and oxygen atoms in total. The molecule has 2 aromatic rings. The molecular weight excluding hydrogens is 254 g/mol. The van der Waals surface area contributed by atoms with Gasteiger partial charge in [0.15, 0.2) is 6.61 Å². The number of rotatable bonds is 3. The van der Waals surface area contributed by atoms with Crippen LogP contribution in [-0.2, 0) is 13.7 Å². The molecule has 0 aliphatic heterocycles. The van der Waals surface area contributed by atoms with E-state index in [1.54, 1.807) is 25.5 Å². The van der Waals surface area contributed by atoms with Gasteiger partial charge in [-0.1, -0.05) is 11.8 Å². The summed E-state index contributed by atoms with van der Waals surface area (Å²) >= 11 is 5.48. The molecule has 0 atom stereocenters. The lowest BCUT2D eigenvalue weighted by Crippen LogP contribution is -1.99. The van der Waals surface area contributed by atoms with Gasteiger partial charge in [-0.15, -0.1) is 21.8 Å². The van der Waals surface area contributed by atoms with E-state index in [-0.39, 0.29) is 12.5 Å². The molecular formula is C11H10ClN5O. The maximum atomic E-state index is 5.48. The third-order valence-electron chi connectivity index (χ3n) is 1.93. The molecule has 0 unspecified atom stereocenters. The molecule has 0 saturated heterocycles. The highest BCUT2D eigenvalue weighted by molar-refractivity contribution is 6.19. The van der Waals surface area contributed by atoms with Crippen LogP contribution in [0.2, 0.25) is 0 Å². The topological polar surface area (TPSA) is 65.7 Å². The van der Waals surface area contributed by atoms with Crippen LogP contribution in [0.4, 0.5) is 0 Å². The SMILES string of the molecule is Cn1nnc(COc2cncc(C#CCCl)c2)n1. The Morgan fingerprint density at radius 1 is 1.44 bits per heavy atom. The average molecular weight is 264 g/mol. The number of pyridine rings is 1. The summed E-state index contributed by atoms with van der Waals surface area (Å²) < 4.78 is 5.48. The lowest BCUT2D eigenvalue weighted by molar-refractivity contribution is 0.294. The third kappa shape index (κ3) is 3.43. The van der Waals surface area contributed by atoms with Crippen LogP contribution < -0.4 is 4.74 Å². The van der Waals surface area contributed by atoms with Gasteiger partial charge in [0, 0.05) is 11.8 Å². The molecule has 2 heterocycles. The Labute approximate surface area is 109 Å². The maximum absolute atomic E-state index is 5.48. The zero-order valence-corrected chi connectivity index (χ0v) is 10.4. The predicted octanol–water partition coefficient (Wildman–Crippen LogP) is 0.774. The first-order valence-electron chi connectivity index (χ1n) is 5.13. The van der Waals surface area contributed by atoms with Gasteiger partial charge in [0.1, 0.15) is 5.75 Å². The van der Waals surface area contributed by atoms with Crippen molar-refractivity contribution in [3.8, 4) is 17.6 Å². The number of hydrogen-bond donors (Lipinski definition) is 0. The summed E-state index contributed by atoms with van der Waals surface area (Å²) in [6.07, 6.45) is 3.25. The van der Waals surface area contributed by atoms with Crippen LogP contribution in [0.25, 0.3) is 0 Å². The van der Waals surface area contributed by atoms with E-state index in [0.29, 0.717) is 11.6 Å². The highest BCUT2D eigenvalue weighted by Gasteiger charge is 2.02. The zero-order chi connectivity index (χ0) is 12.8. The van der Waals surface area contributed by atoms with E-state index in [2.05, 4.69) is 32.2 Å². The lowest BCUT2D eigenvalue weighted by atomic mass is 10.3. The second-order valence-electron chi connectivity index (χ2n) is 3.33. The van der Waals surface area contributed by atoms with Crippen LogP contribution in [0.5, 0.6) is 5.75 Å². The highest BCUT2D eigenvalue weighted by atomic mass is 35.5. The van der Waals surface area contributed by atoms with Gasteiger partial charge in [0.25, 0.3) is 0 Å². The molecule has 92 valence electrons. The van der Waals surface area contributed by atoms with Crippen molar-refractivity contribution in [2.24, 2.45) is 7.05 Å². The summed E-state index contributed by atoms with van der Waals surface area (Å²) in [4.78, 5) is 5.40. The number of nitrogens with zero attached hydrogens (tertiary/aromatic N) is 5. The summed E-state index contributed by atoms with van der Waals surface area (Å²) in [7, 11) is 1.69. The molecule has 18 heavy (non-hydrogen) atoms. The Hall–Kier alpha value is -2.13. The molecule has 7 heteroatoms. The molecule has 0 aliphatic carbocycles. The minimum atomic E-state index is 0.238. The summed E-state index contributed by atoms with van der Waals surface area (Å²) in [5.74, 6) is 7.01. The minimum Gasteiger partial charge on any atom is -0.484 e. The van der Waals surface area contributed by atoms with Gasteiger partial charge in [0.2, 0.25) is 5.82 Å². The fourth-order valence-electron chi connectivity index (χ4n) is 1.23. The molecule has 0 aliphatic rings.